The summed E-state index contributed by atoms with van der Waals surface area (Å²) in [6.45, 7) is 0.826. The van der Waals surface area contributed by atoms with Crippen LogP contribution in [0.4, 0.5) is 5.69 Å². The van der Waals surface area contributed by atoms with Gasteiger partial charge in [0.2, 0.25) is 12.7 Å². The Hall–Kier alpha value is -2.38. The number of anilines is 1. The van der Waals surface area contributed by atoms with Crippen molar-refractivity contribution in [3.63, 3.8) is 0 Å². The molecule has 2 aromatic carbocycles. The lowest BCUT2D eigenvalue weighted by molar-refractivity contribution is -0.690. The van der Waals surface area contributed by atoms with Crippen LogP contribution >= 0.6 is 15.9 Å². The van der Waals surface area contributed by atoms with Crippen molar-refractivity contribution in [1.82, 2.24) is 0 Å². The molecule has 0 bridgehead atoms. The highest BCUT2D eigenvalue weighted by molar-refractivity contribution is 9.10. The van der Waals surface area contributed by atoms with Gasteiger partial charge in [-0.25, -0.2) is 4.90 Å². The van der Waals surface area contributed by atoms with Crippen LogP contribution in [-0.2, 0) is 16.1 Å². The Kier molecular flexibility index (Phi) is 4.19. The van der Waals surface area contributed by atoms with E-state index in [2.05, 4.69) is 15.9 Å². The molecule has 0 aromatic heterocycles. The third-order valence-corrected chi connectivity index (χ3v) is 4.82. The zero-order valence-corrected chi connectivity index (χ0v) is 14.9. The van der Waals surface area contributed by atoms with E-state index in [0.717, 1.165) is 21.5 Å². The summed E-state index contributed by atoms with van der Waals surface area (Å²) < 4.78 is 11.5. The third kappa shape index (κ3) is 3.12. The summed E-state index contributed by atoms with van der Waals surface area (Å²) in [4.78, 5) is 26.2. The average Bonchev–Trinajstić information content (AvgIpc) is 3.16. The van der Waals surface area contributed by atoms with Crippen molar-refractivity contribution in [2.45, 2.75) is 19.0 Å². The maximum Gasteiger partial charge on any atom is 0.292 e. The number of ether oxygens (including phenoxy) is 2. The van der Waals surface area contributed by atoms with Crippen LogP contribution < -0.4 is 19.7 Å². The number of quaternary nitrogens is 1. The molecule has 1 atom stereocenters. The van der Waals surface area contributed by atoms with Crippen LogP contribution in [0.25, 0.3) is 0 Å². The van der Waals surface area contributed by atoms with Crippen LogP contribution in [0.5, 0.6) is 11.5 Å². The van der Waals surface area contributed by atoms with E-state index in [4.69, 9.17) is 9.47 Å². The molecular weight excluding hydrogens is 388 g/mol. The Morgan fingerprint density at radius 2 is 1.96 bits per heavy atom. The molecule has 128 valence electrons. The topological polar surface area (TPSA) is 72.5 Å². The predicted molar refractivity (Wildman–Crippen MR) is 93.2 cm³/mol. The lowest BCUT2D eigenvalue weighted by Gasteiger charge is -2.14. The van der Waals surface area contributed by atoms with Gasteiger partial charge in [-0.2, -0.15) is 0 Å². The van der Waals surface area contributed by atoms with Crippen molar-refractivity contribution in [2.24, 2.45) is 0 Å². The molecule has 0 aliphatic carbocycles. The van der Waals surface area contributed by atoms with Crippen molar-refractivity contribution in [1.29, 1.82) is 0 Å². The normalized spacial score (nSPS) is 18.9. The molecule has 2 aliphatic heterocycles. The molecule has 1 fully saturated rings. The van der Waals surface area contributed by atoms with Gasteiger partial charge >= 0.3 is 0 Å². The summed E-state index contributed by atoms with van der Waals surface area (Å²) in [6.07, 6.45) is 0.204. The molecule has 2 heterocycles. The minimum atomic E-state index is -0.406. The predicted octanol–water partition coefficient (Wildman–Crippen LogP) is 1.57. The van der Waals surface area contributed by atoms with Gasteiger partial charge in [0.15, 0.2) is 17.5 Å². The second-order valence-corrected chi connectivity index (χ2v) is 6.90. The van der Waals surface area contributed by atoms with Gasteiger partial charge in [0, 0.05) is 10.0 Å². The zero-order valence-electron chi connectivity index (χ0n) is 13.3. The zero-order chi connectivity index (χ0) is 17.4. The van der Waals surface area contributed by atoms with Gasteiger partial charge in [0.05, 0.1) is 12.1 Å². The first-order valence-corrected chi connectivity index (χ1v) is 8.75. The number of amides is 2. The third-order valence-electron chi connectivity index (χ3n) is 4.32. The second kappa shape index (κ2) is 6.50. The van der Waals surface area contributed by atoms with Gasteiger partial charge in [0.25, 0.3) is 5.91 Å². The molecule has 6 nitrogen and oxygen atoms in total. The number of carbonyl (C=O) groups excluding carboxylic acids is 2. The van der Waals surface area contributed by atoms with Gasteiger partial charge in [0.1, 0.15) is 6.54 Å². The van der Waals surface area contributed by atoms with E-state index in [-0.39, 0.29) is 25.0 Å². The van der Waals surface area contributed by atoms with Crippen molar-refractivity contribution in [3.8, 4) is 11.5 Å². The van der Waals surface area contributed by atoms with Gasteiger partial charge in [-0.05, 0) is 36.4 Å². The van der Waals surface area contributed by atoms with E-state index < -0.39 is 6.04 Å². The van der Waals surface area contributed by atoms with Crippen LogP contribution in [0, 0.1) is 0 Å². The minimum absolute atomic E-state index is 0.171. The average molecular weight is 404 g/mol. The fourth-order valence-electron chi connectivity index (χ4n) is 3.07. The Bertz CT molecular complexity index is 855. The van der Waals surface area contributed by atoms with E-state index in [1.54, 1.807) is 12.1 Å². The van der Waals surface area contributed by atoms with Crippen LogP contribution in [-0.4, -0.2) is 24.6 Å². The quantitative estimate of drug-likeness (QED) is 0.786. The molecule has 2 aromatic rings. The molecule has 0 radical (unpaired) electrons. The Labute approximate surface area is 152 Å². The molecule has 0 unspecified atom stereocenters. The number of fused-ring (bicyclic) bond motifs is 1. The van der Waals surface area contributed by atoms with E-state index >= 15 is 0 Å². The summed E-state index contributed by atoms with van der Waals surface area (Å²) in [5.41, 5.74) is 1.62. The summed E-state index contributed by atoms with van der Waals surface area (Å²) in [7, 11) is 0. The molecule has 0 spiro atoms. The molecule has 4 rings (SSSR count). The highest BCUT2D eigenvalue weighted by Crippen LogP contribution is 2.32. The number of hydrogen-bond donors (Lipinski definition) is 1. The highest BCUT2D eigenvalue weighted by atomic mass is 79.9. The Morgan fingerprint density at radius 1 is 1.12 bits per heavy atom. The van der Waals surface area contributed by atoms with Crippen LogP contribution in [0.2, 0.25) is 0 Å². The van der Waals surface area contributed by atoms with Crippen LogP contribution in [0.3, 0.4) is 0 Å². The first-order valence-electron chi connectivity index (χ1n) is 7.96. The molecule has 1 saturated heterocycles. The fraction of sp³-hybridized carbons (Fsp3) is 0.222. The number of carbonyl (C=O) groups is 2. The van der Waals surface area contributed by atoms with E-state index in [9.17, 15) is 9.59 Å². The first kappa shape index (κ1) is 16.1. The molecular formula is C18H16BrN2O4+. The maximum atomic E-state index is 12.6. The maximum absolute atomic E-state index is 12.6. The monoisotopic (exact) mass is 403 g/mol. The Balaban J connectivity index is 1.45. The van der Waals surface area contributed by atoms with E-state index in [1.165, 1.54) is 4.90 Å². The van der Waals surface area contributed by atoms with Crippen LogP contribution in [0.15, 0.2) is 46.9 Å². The summed E-state index contributed by atoms with van der Waals surface area (Å²) in [5.74, 6) is 1.10. The first-order chi connectivity index (χ1) is 12.1. The number of halogens is 1. The second-order valence-electron chi connectivity index (χ2n) is 5.99. The lowest BCUT2D eigenvalue weighted by atomic mass is 10.1. The van der Waals surface area contributed by atoms with E-state index in [1.807, 2.05) is 35.6 Å². The Morgan fingerprint density at radius 3 is 2.80 bits per heavy atom. The van der Waals surface area contributed by atoms with Gasteiger partial charge in [-0.3, -0.25) is 9.59 Å². The van der Waals surface area contributed by atoms with E-state index in [0.29, 0.717) is 12.2 Å². The smallest absolute Gasteiger partial charge is 0.292 e. The number of nitrogens with zero attached hydrogens (tertiary/aromatic N) is 1. The van der Waals surface area contributed by atoms with Crippen LogP contribution in [0.1, 0.15) is 12.0 Å². The summed E-state index contributed by atoms with van der Waals surface area (Å²) >= 11 is 3.37. The molecule has 2 N–H and O–H groups in total. The summed E-state index contributed by atoms with van der Waals surface area (Å²) in [5, 5.41) is 1.90. The largest absolute Gasteiger partial charge is 0.454 e. The number of nitrogens with two attached hydrogens (primary N) is 1. The number of rotatable bonds is 4. The molecule has 0 saturated carbocycles. The number of hydrogen-bond acceptors (Lipinski definition) is 4. The van der Waals surface area contributed by atoms with Crippen molar-refractivity contribution >= 4 is 33.4 Å². The van der Waals surface area contributed by atoms with Gasteiger partial charge < -0.3 is 14.8 Å². The molecule has 7 heteroatoms. The number of imide groups is 1. The highest BCUT2D eigenvalue weighted by Gasteiger charge is 2.42. The summed E-state index contributed by atoms with van der Waals surface area (Å²) in [6, 6.07) is 12.5. The number of benzene rings is 2. The molecule has 25 heavy (non-hydrogen) atoms. The fourth-order valence-corrected chi connectivity index (χ4v) is 3.46. The van der Waals surface area contributed by atoms with Gasteiger partial charge in [-0.1, -0.05) is 22.0 Å². The van der Waals surface area contributed by atoms with Gasteiger partial charge in [-0.15, -0.1) is 0 Å². The van der Waals surface area contributed by atoms with Crippen molar-refractivity contribution < 1.29 is 24.4 Å². The standard InChI is InChI=1S/C18H15BrN2O4/c19-12-2-1-3-13(7-12)21-17(22)8-14(18(21)23)20-9-11-4-5-15-16(6-11)25-10-24-15/h1-7,14,20H,8-10H2/p+1/t14-/m0/s1. The molecule has 2 amide bonds. The lowest BCUT2D eigenvalue weighted by Crippen LogP contribution is -2.90. The molecule has 2 aliphatic rings. The SMILES string of the molecule is O=C1C[C@H]([NH2+]Cc2ccc3c(c2)OCO3)C(=O)N1c1cccc(Br)c1. The minimum Gasteiger partial charge on any atom is -0.454 e. The van der Waals surface area contributed by atoms with Crippen molar-refractivity contribution in [2.75, 3.05) is 11.7 Å². The van der Waals surface area contributed by atoms with Crippen molar-refractivity contribution in [3.05, 3.63) is 52.5 Å².